The number of hydrogen-bond acceptors (Lipinski definition) is 3. The van der Waals surface area contributed by atoms with Gasteiger partial charge in [0.25, 0.3) is 0 Å². The number of piperidine rings is 1. The molecule has 0 aromatic heterocycles. The molecule has 6 nitrogen and oxygen atoms in total. The maximum Gasteiger partial charge on any atom is 0.317 e. The van der Waals surface area contributed by atoms with Crippen LogP contribution in [0.25, 0.3) is 0 Å². The Labute approximate surface area is 134 Å². The van der Waals surface area contributed by atoms with Crippen molar-refractivity contribution in [3.05, 3.63) is 30.1 Å². The second-order valence-electron chi connectivity index (χ2n) is 5.78. The summed E-state index contributed by atoms with van der Waals surface area (Å²) in [6, 6.07) is 5.45. The number of rotatable bonds is 5. The highest BCUT2D eigenvalue weighted by Gasteiger charge is 2.26. The van der Waals surface area contributed by atoms with E-state index in [0.29, 0.717) is 31.7 Å². The molecule has 0 saturated carbocycles. The first-order valence-corrected chi connectivity index (χ1v) is 7.69. The summed E-state index contributed by atoms with van der Waals surface area (Å²) >= 11 is 0. The quantitative estimate of drug-likeness (QED) is 0.861. The Bertz CT molecular complexity index is 559. The predicted molar refractivity (Wildman–Crippen MR) is 83.4 cm³/mol. The van der Waals surface area contributed by atoms with Gasteiger partial charge in [-0.05, 0) is 31.9 Å². The van der Waals surface area contributed by atoms with Crippen molar-refractivity contribution in [3.63, 3.8) is 0 Å². The van der Waals surface area contributed by atoms with Gasteiger partial charge in [0.05, 0.1) is 6.04 Å². The normalized spacial score (nSPS) is 16.7. The van der Waals surface area contributed by atoms with E-state index in [1.54, 1.807) is 17.0 Å². The molecule has 1 aromatic carbocycles. The third-order valence-corrected chi connectivity index (χ3v) is 3.85. The largest absolute Gasteiger partial charge is 0.491 e. The Hall–Kier alpha value is -2.31. The SMILES string of the molecule is C[C@@H](COc1cccc(F)c1)NC(=O)N1CCC(C(N)=O)CC1. The Morgan fingerprint density at radius 3 is 2.74 bits per heavy atom. The third-order valence-electron chi connectivity index (χ3n) is 3.85. The summed E-state index contributed by atoms with van der Waals surface area (Å²) in [6.45, 7) is 3.08. The second-order valence-corrected chi connectivity index (χ2v) is 5.78. The summed E-state index contributed by atoms with van der Waals surface area (Å²) in [7, 11) is 0. The number of ether oxygens (including phenoxy) is 1. The van der Waals surface area contributed by atoms with Gasteiger partial charge in [-0.3, -0.25) is 4.79 Å². The molecule has 1 aliphatic rings. The highest BCUT2D eigenvalue weighted by molar-refractivity contribution is 5.78. The van der Waals surface area contributed by atoms with E-state index in [0.717, 1.165) is 0 Å². The number of amides is 3. The number of nitrogens with zero attached hydrogens (tertiary/aromatic N) is 1. The lowest BCUT2D eigenvalue weighted by Gasteiger charge is -2.31. The summed E-state index contributed by atoms with van der Waals surface area (Å²) in [5.74, 6) is -0.389. The number of hydrogen-bond donors (Lipinski definition) is 2. The van der Waals surface area contributed by atoms with Crippen molar-refractivity contribution >= 4 is 11.9 Å². The van der Waals surface area contributed by atoms with E-state index in [1.165, 1.54) is 12.1 Å². The number of carbonyl (C=O) groups is 2. The molecule has 0 aliphatic carbocycles. The smallest absolute Gasteiger partial charge is 0.317 e. The molecule has 1 heterocycles. The molecule has 0 unspecified atom stereocenters. The van der Waals surface area contributed by atoms with Crippen molar-refractivity contribution < 1.29 is 18.7 Å². The first-order chi connectivity index (χ1) is 11.0. The lowest BCUT2D eigenvalue weighted by Crippen LogP contribution is -2.49. The van der Waals surface area contributed by atoms with Gasteiger partial charge in [-0.25, -0.2) is 9.18 Å². The molecule has 1 aliphatic heterocycles. The predicted octanol–water partition coefficient (Wildman–Crippen LogP) is 1.50. The first kappa shape index (κ1) is 17.1. The minimum absolute atomic E-state index is 0.146. The van der Waals surface area contributed by atoms with Gasteiger partial charge in [0.15, 0.2) is 0 Å². The summed E-state index contributed by atoms with van der Waals surface area (Å²) in [6.07, 6.45) is 1.19. The van der Waals surface area contributed by atoms with E-state index in [2.05, 4.69) is 5.32 Å². The molecule has 0 radical (unpaired) electrons. The summed E-state index contributed by atoms with van der Waals surface area (Å²) in [5.41, 5.74) is 5.27. The van der Waals surface area contributed by atoms with Crippen LogP contribution in [-0.2, 0) is 4.79 Å². The number of nitrogens with one attached hydrogen (secondary N) is 1. The van der Waals surface area contributed by atoms with Crippen molar-refractivity contribution in [3.8, 4) is 5.75 Å². The highest BCUT2D eigenvalue weighted by atomic mass is 19.1. The lowest BCUT2D eigenvalue weighted by atomic mass is 9.96. The van der Waals surface area contributed by atoms with Gasteiger partial charge in [0.1, 0.15) is 18.2 Å². The van der Waals surface area contributed by atoms with E-state index >= 15 is 0 Å². The van der Waals surface area contributed by atoms with Crippen LogP contribution in [0.1, 0.15) is 19.8 Å². The molecule has 1 saturated heterocycles. The minimum Gasteiger partial charge on any atom is -0.491 e. The number of urea groups is 1. The zero-order chi connectivity index (χ0) is 16.8. The monoisotopic (exact) mass is 323 g/mol. The zero-order valence-corrected chi connectivity index (χ0v) is 13.1. The van der Waals surface area contributed by atoms with E-state index < -0.39 is 0 Å². The van der Waals surface area contributed by atoms with Crippen LogP contribution in [-0.4, -0.2) is 42.6 Å². The maximum atomic E-state index is 13.0. The number of benzene rings is 1. The van der Waals surface area contributed by atoms with E-state index in [4.69, 9.17) is 10.5 Å². The van der Waals surface area contributed by atoms with Crippen LogP contribution in [0.3, 0.4) is 0 Å². The maximum absolute atomic E-state index is 13.0. The number of nitrogens with two attached hydrogens (primary N) is 1. The van der Waals surface area contributed by atoms with Crippen molar-refractivity contribution in [2.24, 2.45) is 11.7 Å². The van der Waals surface area contributed by atoms with Crippen molar-refractivity contribution in [2.75, 3.05) is 19.7 Å². The van der Waals surface area contributed by atoms with Crippen LogP contribution in [0.15, 0.2) is 24.3 Å². The van der Waals surface area contributed by atoms with Gasteiger partial charge in [-0.2, -0.15) is 0 Å². The Morgan fingerprint density at radius 1 is 1.43 bits per heavy atom. The molecule has 0 spiro atoms. The number of halogens is 1. The third kappa shape index (κ3) is 5.12. The fourth-order valence-electron chi connectivity index (χ4n) is 2.49. The molecular formula is C16H22FN3O3. The number of likely N-dealkylation sites (tertiary alicyclic amines) is 1. The van der Waals surface area contributed by atoms with Crippen LogP contribution < -0.4 is 15.8 Å². The molecule has 1 atom stereocenters. The molecule has 3 amide bonds. The first-order valence-electron chi connectivity index (χ1n) is 7.69. The molecule has 3 N–H and O–H groups in total. The molecule has 7 heteroatoms. The van der Waals surface area contributed by atoms with Crippen molar-refractivity contribution in [1.82, 2.24) is 10.2 Å². The standard InChI is InChI=1S/C16H22FN3O3/c1-11(10-23-14-4-2-3-13(17)9-14)19-16(22)20-7-5-12(6-8-20)15(18)21/h2-4,9,11-12H,5-8,10H2,1H3,(H2,18,21)(H,19,22)/t11-/m0/s1. The molecule has 1 fully saturated rings. The second kappa shape index (κ2) is 7.80. The summed E-state index contributed by atoms with van der Waals surface area (Å²) in [5, 5.41) is 2.83. The molecule has 0 bridgehead atoms. The van der Waals surface area contributed by atoms with Crippen LogP contribution in [0, 0.1) is 11.7 Å². The van der Waals surface area contributed by atoms with Gasteiger partial charge in [0.2, 0.25) is 5.91 Å². The molecule has 23 heavy (non-hydrogen) atoms. The van der Waals surface area contributed by atoms with Crippen LogP contribution in [0.5, 0.6) is 5.75 Å². The summed E-state index contributed by atoms with van der Waals surface area (Å²) < 4.78 is 18.5. The highest BCUT2D eigenvalue weighted by Crippen LogP contribution is 2.16. The topological polar surface area (TPSA) is 84.7 Å². The van der Waals surface area contributed by atoms with E-state index in [1.807, 2.05) is 6.92 Å². The Morgan fingerprint density at radius 2 is 2.13 bits per heavy atom. The lowest BCUT2D eigenvalue weighted by molar-refractivity contribution is -0.123. The van der Waals surface area contributed by atoms with Crippen molar-refractivity contribution in [2.45, 2.75) is 25.8 Å². The van der Waals surface area contributed by atoms with Gasteiger partial charge >= 0.3 is 6.03 Å². The Balaban J connectivity index is 1.73. The van der Waals surface area contributed by atoms with E-state index in [9.17, 15) is 14.0 Å². The number of primary amides is 1. The minimum atomic E-state index is -0.364. The fraction of sp³-hybridized carbons (Fsp3) is 0.500. The molecule has 2 rings (SSSR count). The van der Waals surface area contributed by atoms with Crippen LogP contribution in [0.2, 0.25) is 0 Å². The van der Waals surface area contributed by atoms with Gasteiger partial charge in [-0.1, -0.05) is 6.07 Å². The molecule has 126 valence electrons. The zero-order valence-electron chi connectivity index (χ0n) is 13.1. The van der Waals surface area contributed by atoms with Gasteiger partial charge in [0, 0.05) is 25.1 Å². The Kier molecular flexibility index (Phi) is 5.78. The van der Waals surface area contributed by atoms with Crippen LogP contribution in [0.4, 0.5) is 9.18 Å². The summed E-state index contributed by atoms with van der Waals surface area (Å²) in [4.78, 5) is 24.9. The van der Waals surface area contributed by atoms with E-state index in [-0.39, 0.29) is 36.3 Å². The average molecular weight is 323 g/mol. The number of carbonyl (C=O) groups excluding carboxylic acids is 2. The van der Waals surface area contributed by atoms with Crippen LogP contribution >= 0.6 is 0 Å². The average Bonchev–Trinajstić information content (AvgIpc) is 2.53. The van der Waals surface area contributed by atoms with Gasteiger partial charge in [-0.15, -0.1) is 0 Å². The molecular weight excluding hydrogens is 301 g/mol. The van der Waals surface area contributed by atoms with Crippen molar-refractivity contribution in [1.29, 1.82) is 0 Å². The fourth-order valence-corrected chi connectivity index (χ4v) is 2.49. The molecule has 1 aromatic rings. The van der Waals surface area contributed by atoms with Gasteiger partial charge < -0.3 is 20.7 Å².